The summed E-state index contributed by atoms with van der Waals surface area (Å²) in [5.74, 6) is 0.210. The highest BCUT2D eigenvalue weighted by atomic mass is 16.1. The second kappa shape index (κ2) is 6.68. The second-order valence-corrected chi connectivity index (χ2v) is 6.01. The number of anilines is 2. The van der Waals surface area contributed by atoms with Crippen LogP contribution in [0.2, 0.25) is 0 Å². The molecule has 0 spiro atoms. The fraction of sp³-hybridized carbons (Fsp3) is 0.158. The lowest BCUT2D eigenvalue weighted by molar-refractivity contribution is 0.102. The highest BCUT2D eigenvalue weighted by Crippen LogP contribution is 2.28. The molecule has 1 amide bonds. The zero-order valence-corrected chi connectivity index (χ0v) is 13.5. The maximum Gasteiger partial charge on any atom is 0.259 e. The Balaban J connectivity index is 1.47. The largest absolute Gasteiger partial charge is 0.382 e. The molecule has 1 aliphatic rings. The topological polar surface area (TPSA) is 79.8 Å². The first-order valence-electron chi connectivity index (χ1n) is 8.17. The molecular formula is C19H17N5O. The van der Waals surface area contributed by atoms with E-state index in [0.29, 0.717) is 17.4 Å². The molecule has 1 aliphatic carbocycles. The van der Waals surface area contributed by atoms with Gasteiger partial charge in [-0.05, 0) is 42.7 Å². The van der Waals surface area contributed by atoms with Crippen LogP contribution >= 0.6 is 0 Å². The molecule has 0 saturated heterocycles. The summed E-state index contributed by atoms with van der Waals surface area (Å²) in [6, 6.07) is 12.6. The number of rotatable bonds is 5. The van der Waals surface area contributed by atoms with Gasteiger partial charge in [-0.3, -0.25) is 4.79 Å². The fourth-order valence-electron chi connectivity index (χ4n) is 2.50. The minimum Gasteiger partial charge on any atom is -0.382 e. The number of carbonyl (C=O) groups excluding carboxylic acids is 1. The van der Waals surface area contributed by atoms with Crippen molar-refractivity contribution in [3.8, 4) is 11.1 Å². The molecule has 1 aromatic carbocycles. The lowest BCUT2D eigenvalue weighted by atomic mass is 10.1. The third kappa shape index (κ3) is 3.80. The van der Waals surface area contributed by atoms with Gasteiger partial charge in [-0.15, -0.1) is 0 Å². The number of nitrogens with zero attached hydrogens (tertiary/aromatic N) is 3. The monoisotopic (exact) mass is 331 g/mol. The smallest absolute Gasteiger partial charge is 0.259 e. The first-order chi connectivity index (χ1) is 12.3. The Kier molecular flexibility index (Phi) is 4.08. The van der Waals surface area contributed by atoms with E-state index in [1.165, 1.54) is 31.6 Å². The van der Waals surface area contributed by atoms with Gasteiger partial charge in [0.1, 0.15) is 12.1 Å². The van der Waals surface area contributed by atoms with E-state index in [1.54, 1.807) is 12.3 Å². The van der Waals surface area contributed by atoms with Crippen LogP contribution in [0.4, 0.5) is 11.5 Å². The van der Waals surface area contributed by atoms with Crippen molar-refractivity contribution in [3.63, 3.8) is 0 Å². The molecule has 0 radical (unpaired) electrons. The predicted molar refractivity (Wildman–Crippen MR) is 96.3 cm³/mol. The van der Waals surface area contributed by atoms with Gasteiger partial charge in [0.25, 0.3) is 5.91 Å². The molecule has 2 aromatic heterocycles. The van der Waals surface area contributed by atoms with Crippen LogP contribution in [0.1, 0.15) is 23.2 Å². The van der Waals surface area contributed by atoms with E-state index in [2.05, 4.69) is 43.8 Å². The number of hydrogen-bond donors (Lipinski definition) is 2. The zero-order chi connectivity index (χ0) is 17.1. The van der Waals surface area contributed by atoms with Crippen molar-refractivity contribution >= 4 is 17.4 Å². The number of pyridine rings is 1. The van der Waals surface area contributed by atoms with Crippen LogP contribution in [0.25, 0.3) is 11.1 Å². The third-order valence-electron chi connectivity index (χ3n) is 3.97. The van der Waals surface area contributed by atoms with Crippen LogP contribution in [0.5, 0.6) is 0 Å². The second-order valence-electron chi connectivity index (χ2n) is 6.01. The highest BCUT2D eigenvalue weighted by Gasteiger charge is 2.20. The van der Waals surface area contributed by atoms with E-state index in [1.807, 2.05) is 12.1 Å². The van der Waals surface area contributed by atoms with Crippen molar-refractivity contribution in [2.45, 2.75) is 18.9 Å². The van der Waals surface area contributed by atoms with Gasteiger partial charge < -0.3 is 10.6 Å². The molecule has 0 unspecified atom stereocenters. The van der Waals surface area contributed by atoms with Gasteiger partial charge in [-0.2, -0.15) is 0 Å². The normalized spacial score (nSPS) is 13.3. The Morgan fingerprint density at radius 2 is 1.84 bits per heavy atom. The highest BCUT2D eigenvalue weighted by molar-refractivity contribution is 6.03. The van der Waals surface area contributed by atoms with Gasteiger partial charge in [-0.25, -0.2) is 15.0 Å². The van der Waals surface area contributed by atoms with Gasteiger partial charge in [0.05, 0.1) is 5.56 Å². The van der Waals surface area contributed by atoms with Crippen molar-refractivity contribution in [2.24, 2.45) is 0 Å². The minimum atomic E-state index is -0.281. The summed E-state index contributed by atoms with van der Waals surface area (Å²) in [7, 11) is 0. The number of hydrogen-bond acceptors (Lipinski definition) is 5. The summed E-state index contributed by atoms with van der Waals surface area (Å²) < 4.78 is 0. The van der Waals surface area contributed by atoms with Crippen molar-refractivity contribution in [1.29, 1.82) is 0 Å². The van der Waals surface area contributed by atoms with Crippen molar-refractivity contribution < 1.29 is 4.79 Å². The van der Waals surface area contributed by atoms with E-state index in [4.69, 9.17) is 0 Å². The average molecular weight is 331 g/mol. The maximum absolute atomic E-state index is 12.1. The molecule has 1 saturated carbocycles. The Hall–Kier alpha value is -3.28. The maximum atomic E-state index is 12.1. The molecule has 25 heavy (non-hydrogen) atoms. The fourth-order valence-corrected chi connectivity index (χ4v) is 2.50. The van der Waals surface area contributed by atoms with Crippen molar-refractivity contribution in [3.05, 3.63) is 66.9 Å². The molecule has 0 bridgehead atoms. The van der Waals surface area contributed by atoms with E-state index < -0.39 is 0 Å². The molecule has 0 aliphatic heterocycles. The number of aromatic nitrogens is 3. The summed E-state index contributed by atoms with van der Waals surface area (Å²) in [5.41, 5.74) is 3.61. The third-order valence-corrected chi connectivity index (χ3v) is 3.97. The van der Waals surface area contributed by atoms with Crippen LogP contribution in [-0.2, 0) is 0 Å². The lowest BCUT2D eigenvalue weighted by Gasteiger charge is -2.08. The summed E-state index contributed by atoms with van der Waals surface area (Å²) in [6.45, 7) is 0. The zero-order valence-electron chi connectivity index (χ0n) is 13.5. The number of amides is 1. The molecule has 0 atom stereocenters. The standard InChI is InChI=1S/C19H17N5O/c25-19(15-9-20-12-21-10-15)24-18-7-4-14(11-22-18)13-2-1-3-17(8-13)23-16-5-6-16/h1-4,7-12,16,23H,5-6H2,(H,22,24,25). The Labute approximate surface area is 145 Å². The van der Waals surface area contributed by atoms with Gasteiger partial charge in [0, 0.05) is 35.9 Å². The lowest BCUT2D eigenvalue weighted by Crippen LogP contribution is -2.13. The summed E-state index contributed by atoms with van der Waals surface area (Å²) >= 11 is 0. The van der Waals surface area contributed by atoms with Gasteiger partial charge >= 0.3 is 0 Å². The number of nitrogens with one attached hydrogen (secondary N) is 2. The molecule has 3 aromatic rings. The van der Waals surface area contributed by atoms with Gasteiger partial charge in [0.15, 0.2) is 0 Å². The first kappa shape index (κ1) is 15.3. The molecular weight excluding hydrogens is 314 g/mol. The quantitative estimate of drug-likeness (QED) is 0.749. The molecule has 124 valence electrons. The summed E-state index contributed by atoms with van der Waals surface area (Å²) in [6.07, 6.45) is 8.56. The van der Waals surface area contributed by atoms with Crippen LogP contribution in [0, 0.1) is 0 Å². The Morgan fingerprint density at radius 3 is 2.56 bits per heavy atom. The number of benzene rings is 1. The molecule has 2 N–H and O–H groups in total. The molecule has 1 fully saturated rings. The van der Waals surface area contributed by atoms with Crippen LogP contribution in [-0.4, -0.2) is 26.9 Å². The van der Waals surface area contributed by atoms with E-state index in [-0.39, 0.29) is 5.91 Å². The summed E-state index contributed by atoms with van der Waals surface area (Å²) in [4.78, 5) is 24.1. The molecule has 4 rings (SSSR count). The van der Waals surface area contributed by atoms with E-state index >= 15 is 0 Å². The number of carbonyl (C=O) groups is 1. The first-order valence-corrected chi connectivity index (χ1v) is 8.17. The van der Waals surface area contributed by atoms with Crippen LogP contribution in [0.3, 0.4) is 0 Å². The van der Waals surface area contributed by atoms with E-state index in [0.717, 1.165) is 16.8 Å². The van der Waals surface area contributed by atoms with Gasteiger partial charge in [0.2, 0.25) is 0 Å². The molecule has 2 heterocycles. The predicted octanol–water partition coefficient (Wildman–Crippen LogP) is 3.37. The average Bonchev–Trinajstić information content (AvgIpc) is 3.47. The minimum absolute atomic E-state index is 0.281. The Bertz CT molecular complexity index is 876. The summed E-state index contributed by atoms with van der Waals surface area (Å²) in [5, 5.41) is 6.23. The van der Waals surface area contributed by atoms with E-state index in [9.17, 15) is 4.79 Å². The van der Waals surface area contributed by atoms with Crippen molar-refractivity contribution in [2.75, 3.05) is 10.6 Å². The molecule has 6 nitrogen and oxygen atoms in total. The Morgan fingerprint density at radius 1 is 1.00 bits per heavy atom. The molecule has 6 heteroatoms. The van der Waals surface area contributed by atoms with Crippen LogP contribution in [0.15, 0.2) is 61.3 Å². The SMILES string of the molecule is O=C(Nc1ccc(-c2cccc(NC3CC3)c2)cn1)c1cncnc1. The van der Waals surface area contributed by atoms with Crippen LogP contribution < -0.4 is 10.6 Å². The van der Waals surface area contributed by atoms with Crippen molar-refractivity contribution in [1.82, 2.24) is 15.0 Å². The van der Waals surface area contributed by atoms with Gasteiger partial charge in [-0.1, -0.05) is 12.1 Å².